The minimum atomic E-state index is -0.576. The van der Waals surface area contributed by atoms with Crippen molar-refractivity contribution in [1.82, 2.24) is 0 Å². The molecule has 2 aromatic carbocycles. The summed E-state index contributed by atoms with van der Waals surface area (Å²) in [6.07, 6.45) is 0.191. The van der Waals surface area contributed by atoms with Crippen LogP contribution in [0.5, 0.6) is 11.5 Å². The Morgan fingerprint density at radius 1 is 0.923 bits per heavy atom. The molecule has 6 heteroatoms. The summed E-state index contributed by atoms with van der Waals surface area (Å²) in [4.78, 5) is 24.5. The first-order valence-corrected chi connectivity index (χ1v) is 8.10. The van der Waals surface area contributed by atoms with Crippen LogP contribution in [0.2, 0.25) is 0 Å². The first-order valence-electron chi connectivity index (χ1n) is 8.10. The number of ether oxygens (including phenoxy) is 3. The zero-order valence-electron chi connectivity index (χ0n) is 15.6. The van der Waals surface area contributed by atoms with Crippen molar-refractivity contribution in [1.29, 1.82) is 0 Å². The number of aryl methyl sites for hydroxylation is 2. The maximum Gasteiger partial charge on any atom is 0.340 e. The molecule has 0 spiro atoms. The smallest absolute Gasteiger partial charge is 0.340 e. The molecule has 0 aliphatic carbocycles. The molecule has 26 heavy (non-hydrogen) atoms. The van der Waals surface area contributed by atoms with Crippen LogP contribution in [0, 0.1) is 13.8 Å². The lowest BCUT2D eigenvalue weighted by atomic mass is 10.0. The van der Waals surface area contributed by atoms with Crippen molar-refractivity contribution in [3.8, 4) is 11.5 Å². The Morgan fingerprint density at radius 3 is 2.15 bits per heavy atom. The predicted octanol–water partition coefficient (Wildman–Crippen LogP) is 3.29. The normalized spacial score (nSPS) is 10.2. The Labute approximate surface area is 153 Å². The van der Waals surface area contributed by atoms with Gasteiger partial charge in [0.25, 0.3) is 0 Å². The Bertz CT molecular complexity index is 829. The van der Waals surface area contributed by atoms with Gasteiger partial charge in [0.05, 0.1) is 39.0 Å². The van der Waals surface area contributed by atoms with Gasteiger partial charge in [-0.3, -0.25) is 4.79 Å². The van der Waals surface area contributed by atoms with Crippen LogP contribution >= 0.6 is 0 Å². The van der Waals surface area contributed by atoms with E-state index in [2.05, 4.69) is 5.32 Å². The highest BCUT2D eigenvalue weighted by Crippen LogP contribution is 2.33. The van der Waals surface area contributed by atoms with Crippen LogP contribution in [0.4, 0.5) is 5.69 Å². The first-order chi connectivity index (χ1) is 12.4. The lowest BCUT2D eigenvalue weighted by Crippen LogP contribution is -2.17. The molecule has 2 aromatic rings. The average molecular weight is 357 g/mol. The second-order valence-corrected chi connectivity index (χ2v) is 5.89. The van der Waals surface area contributed by atoms with E-state index >= 15 is 0 Å². The molecule has 1 N–H and O–H groups in total. The third kappa shape index (κ3) is 4.33. The second kappa shape index (κ2) is 8.38. The van der Waals surface area contributed by atoms with E-state index in [1.807, 2.05) is 32.0 Å². The Kier molecular flexibility index (Phi) is 6.22. The summed E-state index contributed by atoms with van der Waals surface area (Å²) in [5, 5.41) is 2.76. The molecule has 0 saturated carbocycles. The van der Waals surface area contributed by atoms with Crippen LogP contribution in [0.25, 0.3) is 0 Å². The van der Waals surface area contributed by atoms with E-state index < -0.39 is 5.97 Å². The number of rotatable bonds is 6. The Hall–Kier alpha value is -3.02. The van der Waals surface area contributed by atoms with E-state index in [4.69, 9.17) is 14.2 Å². The number of esters is 1. The van der Waals surface area contributed by atoms with Crippen molar-refractivity contribution < 1.29 is 23.8 Å². The van der Waals surface area contributed by atoms with Gasteiger partial charge in [0.15, 0.2) is 11.5 Å². The topological polar surface area (TPSA) is 73.9 Å². The molecular weight excluding hydrogens is 334 g/mol. The zero-order chi connectivity index (χ0) is 19.3. The molecule has 0 fully saturated rings. The fourth-order valence-corrected chi connectivity index (χ4v) is 2.55. The molecule has 0 aliphatic heterocycles. The number of carbonyl (C=O) groups excluding carboxylic acids is 2. The van der Waals surface area contributed by atoms with Crippen molar-refractivity contribution in [3.05, 3.63) is 52.6 Å². The van der Waals surface area contributed by atoms with E-state index in [1.54, 1.807) is 6.07 Å². The van der Waals surface area contributed by atoms with Crippen LogP contribution in [0.3, 0.4) is 0 Å². The molecule has 0 aromatic heterocycles. The highest BCUT2D eigenvalue weighted by atomic mass is 16.5. The monoisotopic (exact) mass is 357 g/mol. The molecule has 0 bridgehead atoms. The van der Waals surface area contributed by atoms with E-state index in [1.165, 1.54) is 33.0 Å². The number of nitrogens with one attached hydrogen (secondary N) is 1. The molecule has 0 radical (unpaired) electrons. The summed E-state index contributed by atoms with van der Waals surface area (Å²) in [6, 6.07) is 8.90. The quantitative estimate of drug-likeness (QED) is 0.803. The van der Waals surface area contributed by atoms with Gasteiger partial charge in [0.1, 0.15) is 0 Å². The molecule has 2 rings (SSSR count). The number of anilines is 1. The van der Waals surface area contributed by atoms with Gasteiger partial charge < -0.3 is 19.5 Å². The van der Waals surface area contributed by atoms with Gasteiger partial charge >= 0.3 is 5.97 Å². The van der Waals surface area contributed by atoms with Crippen LogP contribution < -0.4 is 14.8 Å². The molecule has 0 unspecified atom stereocenters. The number of amides is 1. The SMILES string of the molecule is COC(=O)c1cc(OC)c(OC)cc1NC(=O)Cc1ccc(C)c(C)c1. The lowest BCUT2D eigenvalue weighted by Gasteiger charge is -2.15. The van der Waals surface area contributed by atoms with Crippen LogP contribution in [-0.4, -0.2) is 33.2 Å². The molecule has 0 saturated heterocycles. The van der Waals surface area contributed by atoms with Crippen molar-refractivity contribution >= 4 is 17.6 Å². The molecule has 6 nitrogen and oxygen atoms in total. The highest BCUT2D eigenvalue weighted by molar-refractivity contribution is 6.02. The lowest BCUT2D eigenvalue weighted by molar-refractivity contribution is -0.115. The van der Waals surface area contributed by atoms with E-state index in [9.17, 15) is 9.59 Å². The van der Waals surface area contributed by atoms with Crippen LogP contribution in [-0.2, 0) is 16.0 Å². The maximum atomic E-state index is 12.5. The number of methoxy groups -OCH3 is 3. The Morgan fingerprint density at radius 2 is 1.58 bits per heavy atom. The summed E-state index contributed by atoms with van der Waals surface area (Å²) in [5.41, 5.74) is 3.69. The number of hydrogen-bond acceptors (Lipinski definition) is 5. The summed E-state index contributed by atoms with van der Waals surface area (Å²) in [6.45, 7) is 4.02. The summed E-state index contributed by atoms with van der Waals surface area (Å²) >= 11 is 0. The first kappa shape index (κ1) is 19.3. The molecule has 0 atom stereocenters. The molecule has 0 heterocycles. The van der Waals surface area contributed by atoms with Gasteiger partial charge in [0.2, 0.25) is 5.91 Å². The largest absolute Gasteiger partial charge is 0.493 e. The fraction of sp³-hybridized carbons (Fsp3) is 0.300. The summed E-state index contributed by atoms with van der Waals surface area (Å²) in [7, 11) is 4.23. The van der Waals surface area contributed by atoms with Gasteiger partial charge in [-0.1, -0.05) is 18.2 Å². The van der Waals surface area contributed by atoms with Crippen molar-refractivity contribution in [3.63, 3.8) is 0 Å². The van der Waals surface area contributed by atoms with E-state index in [0.29, 0.717) is 17.2 Å². The van der Waals surface area contributed by atoms with Gasteiger partial charge in [-0.05, 0) is 30.5 Å². The predicted molar refractivity (Wildman–Crippen MR) is 99.1 cm³/mol. The van der Waals surface area contributed by atoms with Crippen molar-refractivity contribution in [2.75, 3.05) is 26.6 Å². The third-order valence-corrected chi connectivity index (χ3v) is 4.14. The molecule has 138 valence electrons. The standard InChI is InChI=1S/C20H23NO5/c1-12-6-7-14(8-13(12)2)9-19(22)21-16-11-18(25-4)17(24-3)10-15(16)20(23)26-5/h6-8,10-11H,9H2,1-5H3,(H,21,22). The second-order valence-electron chi connectivity index (χ2n) is 5.89. The highest BCUT2D eigenvalue weighted by Gasteiger charge is 2.19. The van der Waals surface area contributed by atoms with Crippen LogP contribution in [0.1, 0.15) is 27.0 Å². The number of hydrogen-bond donors (Lipinski definition) is 1. The third-order valence-electron chi connectivity index (χ3n) is 4.14. The number of carbonyl (C=O) groups is 2. The van der Waals surface area contributed by atoms with Gasteiger partial charge in [0, 0.05) is 12.1 Å². The van der Waals surface area contributed by atoms with E-state index in [0.717, 1.165) is 11.1 Å². The molecule has 0 aliphatic rings. The van der Waals surface area contributed by atoms with Gasteiger partial charge in [-0.2, -0.15) is 0 Å². The maximum absolute atomic E-state index is 12.5. The number of benzene rings is 2. The van der Waals surface area contributed by atoms with Crippen molar-refractivity contribution in [2.45, 2.75) is 20.3 Å². The van der Waals surface area contributed by atoms with Gasteiger partial charge in [-0.25, -0.2) is 4.79 Å². The minimum Gasteiger partial charge on any atom is -0.493 e. The van der Waals surface area contributed by atoms with E-state index in [-0.39, 0.29) is 17.9 Å². The average Bonchev–Trinajstić information content (AvgIpc) is 2.63. The van der Waals surface area contributed by atoms with Crippen LogP contribution in [0.15, 0.2) is 30.3 Å². The molecule has 1 amide bonds. The Balaban J connectivity index is 2.29. The van der Waals surface area contributed by atoms with Crippen molar-refractivity contribution in [2.24, 2.45) is 0 Å². The fourth-order valence-electron chi connectivity index (χ4n) is 2.55. The summed E-state index contributed by atoms with van der Waals surface area (Å²) in [5.74, 6) is -0.0419. The minimum absolute atomic E-state index is 0.191. The summed E-state index contributed by atoms with van der Waals surface area (Å²) < 4.78 is 15.2. The zero-order valence-corrected chi connectivity index (χ0v) is 15.6. The molecular formula is C20H23NO5. The van der Waals surface area contributed by atoms with Gasteiger partial charge in [-0.15, -0.1) is 0 Å².